The van der Waals surface area contributed by atoms with Gasteiger partial charge in [0.1, 0.15) is 5.69 Å². The van der Waals surface area contributed by atoms with E-state index in [9.17, 15) is 4.79 Å². The van der Waals surface area contributed by atoms with Crippen LogP contribution in [0, 0.1) is 5.92 Å². The number of nitrogens with zero attached hydrogens (tertiary/aromatic N) is 4. The highest BCUT2D eigenvalue weighted by Crippen LogP contribution is 2.27. The topological polar surface area (TPSA) is 59.0 Å². The molecule has 6 heteroatoms. The smallest absolute Gasteiger partial charge is 0.219 e. The standard InChI is InChI=1S/C15H18N4OS/c1-11(20)19-6-2-3-12(9-19)7-13-15(18-5-4-17-13)14-8-16-10-21-14/h4-5,8,10,12H,2-3,6-7,9H2,1H3/t12-/m1/s1. The molecule has 0 aliphatic carbocycles. The van der Waals surface area contributed by atoms with Crippen molar-refractivity contribution in [3.63, 3.8) is 0 Å². The molecule has 1 amide bonds. The zero-order valence-corrected chi connectivity index (χ0v) is 12.8. The van der Waals surface area contributed by atoms with Crippen LogP contribution < -0.4 is 0 Å². The molecule has 1 atom stereocenters. The van der Waals surface area contributed by atoms with Gasteiger partial charge in [-0.15, -0.1) is 11.3 Å². The van der Waals surface area contributed by atoms with E-state index < -0.39 is 0 Å². The highest BCUT2D eigenvalue weighted by atomic mass is 32.1. The van der Waals surface area contributed by atoms with E-state index in [1.807, 2.05) is 16.6 Å². The van der Waals surface area contributed by atoms with Crippen LogP contribution in [0.4, 0.5) is 0 Å². The number of aromatic nitrogens is 3. The Balaban J connectivity index is 1.77. The second-order valence-electron chi connectivity index (χ2n) is 5.39. The van der Waals surface area contributed by atoms with E-state index in [-0.39, 0.29) is 5.91 Å². The highest BCUT2D eigenvalue weighted by Gasteiger charge is 2.23. The van der Waals surface area contributed by atoms with E-state index in [1.165, 1.54) is 0 Å². The van der Waals surface area contributed by atoms with Crippen LogP contribution in [0.25, 0.3) is 10.6 Å². The predicted molar refractivity (Wildman–Crippen MR) is 81.8 cm³/mol. The maximum Gasteiger partial charge on any atom is 0.219 e. The SMILES string of the molecule is CC(=O)N1CCC[C@H](Cc2nccnc2-c2cncs2)C1. The minimum absolute atomic E-state index is 0.168. The van der Waals surface area contributed by atoms with Gasteiger partial charge in [-0.1, -0.05) is 0 Å². The zero-order valence-electron chi connectivity index (χ0n) is 12.0. The lowest BCUT2D eigenvalue weighted by molar-refractivity contribution is -0.130. The number of hydrogen-bond acceptors (Lipinski definition) is 5. The number of thiazole rings is 1. The minimum atomic E-state index is 0.168. The molecule has 0 N–H and O–H groups in total. The Morgan fingerprint density at radius 3 is 3.05 bits per heavy atom. The van der Waals surface area contributed by atoms with Gasteiger partial charge >= 0.3 is 0 Å². The molecule has 0 saturated carbocycles. The van der Waals surface area contributed by atoms with Crippen LogP contribution in [0.2, 0.25) is 0 Å². The summed E-state index contributed by atoms with van der Waals surface area (Å²) in [4.78, 5) is 27.6. The van der Waals surface area contributed by atoms with Crippen LogP contribution in [-0.2, 0) is 11.2 Å². The fourth-order valence-electron chi connectivity index (χ4n) is 2.85. The molecular formula is C15H18N4OS. The maximum atomic E-state index is 11.5. The van der Waals surface area contributed by atoms with Crippen molar-refractivity contribution in [2.45, 2.75) is 26.2 Å². The third-order valence-electron chi connectivity index (χ3n) is 3.89. The van der Waals surface area contributed by atoms with Gasteiger partial charge in [-0.3, -0.25) is 19.7 Å². The van der Waals surface area contributed by atoms with Crippen molar-refractivity contribution in [1.29, 1.82) is 0 Å². The lowest BCUT2D eigenvalue weighted by Gasteiger charge is -2.32. The van der Waals surface area contributed by atoms with E-state index in [0.29, 0.717) is 5.92 Å². The normalized spacial score (nSPS) is 18.7. The van der Waals surface area contributed by atoms with Crippen LogP contribution in [0.1, 0.15) is 25.5 Å². The van der Waals surface area contributed by atoms with Crippen LogP contribution in [0.15, 0.2) is 24.1 Å². The number of carbonyl (C=O) groups is 1. The van der Waals surface area contributed by atoms with Crippen molar-refractivity contribution in [1.82, 2.24) is 19.9 Å². The van der Waals surface area contributed by atoms with Gasteiger partial charge in [0.2, 0.25) is 5.91 Å². The largest absolute Gasteiger partial charge is 0.343 e. The molecule has 1 aliphatic heterocycles. The molecule has 3 rings (SSSR count). The number of rotatable bonds is 3. The summed E-state index contributed by atoms with van der Waals surface area (Å²) in [5.41, 5.74) is 3.75. The van der Waals surface area contributed by atoms with Gasteiger partial charge in [0.25, 0.3) is 0 Å². The number of amides is 1. The molecule has 0 radical (unpaired) electrons. The quantitative estimate of drug-likeness (QED) is 0.873. The van der Waals surface area contributed by atoms with Gasteiger partial charge in [0.05, 0.1) is 16.1 Å². The van der Waals surface area contributed by atoms with Crippen molar-refractivity contribution in [3.05, 3.63) is 29.8 Å². The van der Waals surface area contributed by atoms with Crippen molar-refractivity contribution in [2.24, 2.45) is 5.92 Å². The molecule has 0 spiro atoms. The van der Waals surface area contributed by atoms with Crippen LogP contribution in [-0.4, -0.2) is 38.8 Å². The highest BCUT2D eigenvalue weighted by molar-refractivity contribution is 7.13. The first-order chi connectivity index (χ1) is 10.2. The van der Waals surface area contributed by atoms with Gasteiger partial charge in [0, 0.05) is 38.6 Å². The number of piperidine rings is 1. The molecule has 1 fully saturated rings. The van der Waals surface area contributed by atoms with Gasteiger partial charge in [-0.05, 0) is 25.2 Å². The summed E-state index contributed by atoms with van der Waals surface area (Å²) in [6, 6.07) is 0. The Morgan fingerprint density at radius 2 is 2.29 bits per heavy atom. The van der Waals surface area contributed by atoms with E-state index in [1.54, 1.807) is 30.7 Å². The molecule has 2 aromatic heterocycles. The van der Waals surface area contributed by atoms with Crippen molar-refractivity contribution >= 4 is 17.2 Å². The van der Waals surface area contributed by atoms with Crippen molar-refractivity contribution < 1.29 is 4.79 Å². The Morgan fingerprint density at radius 1 is 1.43 bits per heavy atom. The average Bonchev–Trinajstić information content (AvgIpc) is 3.02. The van der Waals surface area contributed by atoms with E-state index in [0.717, 1.165) is 48.6 Å². The predicted octanol–water partition coefficient (Wildman–Crippen LogP) is 2.40. The van der Waals surface area contributed by atoms with Crippen LogP contribution >= 0.6 is 11.3 Å². The molecule has 0 unspecified atom stereocenters. The molecule has 5 nitrogen and oxygen atoms in total. The first kappa shape index (κ1) is 14.1. The van der Waals surface area contributed by atoms with Gasteiger partial charge in [-0.2, -0.15) is 0 Å². The minimum Gasteiger partial charge on any atom is -0.343 e. The first-order valence-electron chi connectivity index (χ1n) is 7.18. The molecule has 3 heterocycles. The fraction of sp³-hybridized carbons (Fsp3) is 0.467. The summed E-state index contributed by atoms with van der Waals surface area (Å²) in [5.74, 6) is 0.632. The van der Waals surface area contributed by atoms with Crippen molar-refractivity contribution in [3.8, 4) is 10.6 Å². The summed E-state index contributed by atoms with van der Waals surface area (Å²) in [5, 5.41) is 0. The Hall–Kier alpha value is -1.82. The van der Waals surface area contributed by atoms with Crippen molar-refractivity contribution in [2.75, 3.05) is 13.1 Å². The lowest BCUT2D eigenvalue weighted by atomic mass is 9.92. The Labute approximate surface area is 128 Å². The lowest BCUT2D eigenvalue weighted by Crippen LogP contribution is -2.39. The summed E-state index contributed by atoms with van der Waals surface area (Å²) in [7, 11) is 0. The summed E-state index contributed by atoms with van der Waals surface area (Å²) in [6.07, 6.45) is 8.38. The maximum absolute atomic E-state index is 11.5. The second-order valence-corrected chi connectivity index (χ2v) is 6.28. The van der Waals surface area contributed by atoms with Crippen LogP contribution in [0.3, 0.4) is 0 Å². The molecule has 0 aromatic carbocycles. The zero-order chi connectivity index (χ0) is 14.7. The molecule has 0 bridgehead atoms. The second kappa shape index (κ2) is 6.30. The van der Waals surface area contributed by atoms with Crippen LogP contribution in [0.5, 0.6) is 0 Å². The summed E-state index contributed by atoms with van der Waals surface area (Å²) < 4.78 is 0. The molecule has 110 valence electrons. The molecule has 2 aromatic rings. The Bertz CT molecular complexity index is 614. The molecule has 21 heavy (non-hydrogen) atoms. The molecule has 1 saturated heterocycles. The molecule has 1 aliphatic rings. The number of likely N-dealkylation sites (tertiary alicyclic amines) is 1. The van der Waals surface area contributed by atoms with Gasteiger partial charge in [-0.25, -0.2) is 0 Å². The summed E-state index contributed by atoms with van der Waals surface area (Å²) in [6.45, 7) is 3.36. The van der Waals surface area contributed by atoms with E-state index in [2.05, 4.69) is 15.0 Å². The Kier molecular flexibility index (Phi) is 4.24. The fourth-order valence-corrected chi connectivity index (χ4v) is 3.49. The monoisotopic (exact) mass is 302 g/mol. The first-order valence-corrected chi connectivity index (χ1v) is 8.06. The third kappa shape index (κ3) is 3.26. The average molecular weight is 302 g/mol. The third-order valence-corrected chi connectivity index (χ3v) is 4.67. The van der Waals surface area contributed by atoms with Gasteiger partial charge in [0.15, 0.2) is 0 Å². The van der Waals surface area contributed by atoms with Gasteiger partial charge < -0.3 is 4.90 Å². The molecular weight excluding hydrogens is 284 g/mol. The number of hydrogen-bond donors (Lipinski definition) is 0. The van der Waals surface area contributed by atoms with E-state index in [4.69, 9.17) is 0 Å². The van der Waals surface area contributed by atoms with E-state index >= 15 is 0 Å². The summed E-state index contributed by atoms with van der Waals surface area (Å²) >= 11 is 1.58. The number of carbonyl (C=O) groups excluding carboxylic acids is 1.